The summed E-state index contributed by atoms with van der Waals surface area (Å²) in [5.74, 6) is -0.997. The zero-order chi connectivity index (χ0) is 15.2. The van der Waals surface area contributed by atoms with E-state index in [0.717, 1.165) is 12.5 Å². The van der Waals surface area contributed by atoms with Crippen LogP contribution in [0.15, 0.2) is 12.1 Å². The summed E-state index contributed by atoms with van der Waals surface area (Å²) in [6.07, 6.45) is 1.44. The zero-order valence-corrected chi connectivity index (χ0v) is 12.8. The van der Waals surface area contributed by atoms with Crippen LogP contribution in [0.25, 0.3) is 11.0 Å². The van der Waals surface area contributed by atoms with Gasteiger partial charge in [-0.15, -0.1) is 11.6 Å². The van der Waals surface area contributed by atoms with Gasteiger partial charge >= 0.3 is 0 Å². The summed E-state index contributed by atoms with van der Waals surface area (Å²) >= 11 is 5.96. The van der Waals surface area contributed by atoms with Crippen LogP contribution in [0.4, 0.5) is 8.78 Å². The Labute approximate surface area is 126 Å². The van der Waals surface area contributed by atoms with Gasteiger partial charge in [0.1, 0.15) is 11.3 Å². The molecular weight excluding hydrogens is 298 g/mol. The first-order chi connectivity index (χ1) is 9.93. The average Bonchev–Trinajstić information content (AvgIpc) is 2.81. The van der Waals surface area contributed by atoms with Crippen LogP contribution in [0.5, 0.6) is 0 Å². The second-order valence-electron chi connectivity index (χ2n) is 6.02. The molecule has 1 aromatic carbocycles. The van der Waals surface area contributed by atoms with Crippen LogP contribution in [0.2, 0.25) is 0 Å². The van der Waals surface area contributed by atoms with Gasteiger partial charge in [-0.2, -0.15) is 0 Å². The highest BCUT2D eigenvalue weighted by Gasteiger charge is 2.32. The Morgan fingerprint density at radius 3 is 2.86 bits per heavy atom. The molecule has 1 atom stereocenters. The van der Waals surface area contributed by atoms with E-state index >= 15 is 0 Å². The SMILES string of the molecule is CC1(C)CC(n2c(CCl)nc3ccc(F)c(F)c32)CCO1. The minimum absolute atomic E-state index is 0.00352. The van der Waals surface area contributed by atoms with Crippen molar-refractivity contribution in [3.05, 3.63) is 29.6 Å². The van der Waals surface area contributed by atoms with E-state index in [1.54, 1.807) is 4.57 Å². The van der Waals surface area contributed by atoms with Crippen LogP contribution in [0.1, 0.15) is 38.6 Å². The number of nitrogens with zero attached hydrogens (tertiary/aromatic N) is 2. The van der Waals surface area contributed by atoms with E-state index in [2.05, 4.69) is 4.98 Å². The first-order valence-electron chi connectivity index (χ1n) is 6.97. The molecule has 3 rings (SSSR count). The molecule has 0 amide bonds. The van der Waals surface area contributed by atoms with E-state index in [-0.39, 0.29) is 23.0 Å². The number of ether oxygens (including phenoxy) is 1. The van der Waals surface area contributed by atoms with Crippen LogP contribution >= 0.6 is 11.6 Å². The Morgan fingerprint density at radius 2 is 2.19 bits per heavy atom. The van der Waals surface area contributed by atoms with E-state index < -0.39 is 11.6 Å². The molecule has 1 fully saturated rings. The number of fused-ring (bicyclic) bond motifs is 1. The first-order valence-corrected chi connectivity index (χ1v) is 7.51. The molecular formula is C15H17ClF2N2O. The maximum atomic E-state index is 14.2. The third-order valence-electron chi connectivity index (χ3n) is 3.97. The number of alkyl halides is 1. The summed E-state index contributed by atoms with van der Waals surface area (Å²) in [7, 11) is 0. The minimum Gasteiger partial charge on any atom is -0.375 e. The van der Waals surface area contributed by atoms with Crippen LogP contribution in [-0.4, -0.2) is 21.8 Å². The number of aromatic nitrogens is 2. The molecule has 0 radical (unpaired) electrons. The van der Waals surface area contributed by atoms with Crippen molar-refractivity contribution in [2.24, 2.45) is 0 Å². The minimum atomic E-state index is -0.865. The topological polar surface area (TPSA) is 27.1 Å². The number of hydrogen-bond acceptors (Lipinski definition) is 2. The van der Waals surface area contributed by atoms with Crippen molar-refractivity contribution in [3.8, 4) is 0 Å². The van der Waals surface area contributed by atoms with Gasteiger partial charge in [0.25, 0.3) is 0 Å². The van der Waals surface area contributed by atoms with Gasteiger partial charge in [0.05, 0.1) is 17.0 Å². The second kappa shape index (κ2) is 5.21. The third kappa shape index (κ3) is 2.53. The van der Waals surface area contributed by atoms with Crippen LogP contribution < -0.4 is 0 Å². The molecule has 0 spiro atoms. The molecule has 114 valence electrons. The van der Waals surface area contributed by atoms with Crippen molar-refractivity contribution in [1.29, 1.82) is 0 Å². The standard InChI is InChI=1S/C15H17ClF2N2O/c1-15(2)7-9(5-6-21-15)20-12(8-16)19-11-4-3-10(17)13(18)14(11)20/h3-4,9H,5-8H2,1-2H3. The van der Waals surface area contributed by atoms with E-state index in [1.165, 1.54) is 6.07 Å². The molecule has 1 aliphatic rings. The van der Waals surface area contributed by atoms with Crippen molar-refractivity contribution in [2.45, 2.75) is 44.2 Å². The van der Waals surface area contributed by atoms with Gasteiger partial charge < -0.3 is 9.30 Å². The van der Waals surface area contributed by atoms with E-state index in [0.29, 0.717) is 24.4 Å². The molecule has 0 N–H and O–H groups in total. The number of rotatable bonds is 2. The van der Waals surface area contributed by atoms with Gasteiger partial charge in [-0.1, -0.05) is 0 Å². The zero-order valence-electron chi connectivity index (χ0n) is 12.0. The summed E-state index contributed by atoms with van der Waals surface area (Å²) < 4.78 is 35.3. The number of halogens is 3. The molecule has 21 heavy (non-hydrogen) atoms. The Kier molecular flexibility index (Phi) is 3.66. The number of benzene rings is 1. The van der Waals surface area contributed by atoms with Crippen LogP contribution in [0.3, 0.4) is 0 Å². The maximum absolute atomic E-state index is 14.2. The van der Waals surface area contributed by atoms with Crippen molar-refractivity contribution in [3.63, 3.8) is 0 Å². The number of hydrogen-bond donors (Lipinski definition) is 0. The summed E-state index contributed by atoms with van der Waals surface area (Å²) in [4.78, 5) is 4.34. The Balaban J connectivity index is 2.18. The van der Waals surface area contributed by atoms with Gasteiger partial charge in [-0.05, 0) is 38.8 Å². The Bertz CT molecular complexity index is 684. The predicted molar refractivity (Wildman–Crippen MR) is 77.5 cm³/mol. The highest BCUT2D eigenvalue weighted by atomic mass is 35.5. The fourth-order valence-electron chi connectivity index (χ4n) is 3.08. The second-order valence-corrected chi connectivity index (χ2v) is 6.28. The lowest BCUT2D eigenvalue weighted by Crippen LogP contribution is -2.35. The van der Waals surface area contributed by atoms with E-state index in [9.17, 15) is 8.78 Å². The highest BCUT2D eigenvalue weighted by molar-refractivity contribution is 6.16. The smallest absolute Gasteiger partial charge is 0.184 e. The fraction of sp³-hybridized carbons (Fsp3) is 0.533. The summed E-state index contributed by atoms with van der Waals surface area (Å²) in [5.41, 5.74) is 0.342. The average molecular weight is 315 g/mol. The Hall–Kier alpha value is -1.20. The lowest BCUT2D eigenvalue weighted by molar-refractivity contribution is -0.0688. The van der Waals surface area contributed by atoms with Gasteiger partial charge in [0.2, 0.25) is 0 Å². The predicted octanol–water partition coefficient (Wildman–Crippen LogP) is 4.18. The van der Waals surface area contributed by atoms with Crippen molar-refractivity contribution < 1.29 is 13.5 Å². The quantitative estimate of drug-likeness (QED) is 0.777. The van der Waals surface area contributed by atoms with Crippen LogP contribution in [0, 0.1) is 11.6 Å². The van der Waals surface area contributed by atoms with Crippen molar-refractivity contribution in [2.75, 3.05) is 6.61 Å². The molecule has 1 aliphatic heterocycles. The summed E-state index contributed by atoms with van der Waals surface area (Å²) in [5, 5.41) is 0. The maximum Gasteiger partial charge on any atom is 0.184 e. The monoisotopic (exact) mass is 314 g/mol. The van der Waals surface area contributed by atoms with Crippen molar-refractivity contribution in [1.82, 2.24) is 9.55 Å². The largest absolute Gasteiger partial charge is 0.375 e. The lowest BCUT2D eigenvalue weighted by atomic mass is 9.93. The van der Waals surface area contributed by atoms with Crippen molar-refractivity contribution >= 4 is 22.6 Å². The molecule has 1 saturated heterocycles. The third-order valence-corrected chi connectivity index (χ3v) is 4.21. The van der Waals surface area contributed by atoms with E-state index in [4.69, 9.17) is 16.3 Å². The molecule has 0 saturated carbocycles. The molecule has 2 aromatic rings. The van der Waals surface area contributed by atoms with Crippen LogP contribution in [-0.2, 0) is 10.6 Å². The molecule has 0 aliphatic carbocycles. The van der Waals surface area contributed by atoms with Gasteiger partial charge in [0.15, 0.2) is 11.6 Å². The van der Waals surface area contributed by atoms with E-state index in [1.807, 2.05) is 13.8 Å². The summed E-state index contributed by atoms with van der Waals surface area (Å²) in [6, 6.07) is 2.59. The first kappa shape index (κ1) is 14.7. The molecule has 6 heteroatoms. The van der Waals surface area contributed by atoms with Gasteiger partial charge in [-0.25, -0.2) is 13.8 Å². The molecule has 1 aromatic heterocycles. The fourth-order valence-corrected chi connectivity index (χ4v) is 3.27. The molecule has 0 bridgehead atoms. The van der Waals surface area contributed by atoms with Gasteiger partial charge in [0, 0.05) is 12.6 Å². The van der Waals surface area contributed by atoms with Gasteiger partial charge in [-0.3, -0.25) is 0 Å². The molecule has 2 heterocycles. The molecule has 1 unspecified atom stereocenters. The normalized spacial score (nSPS) is 21.9. The summed E-state index contributed by atoms with van der Waals surface area (Å²) in [6.45, 7) is 4.57. The Morgan fingerprint density at radius 1 is 1.43 bits per heavy atom. The lowest BCUT2D eigenvalue weighted by Gasteiger charge is -2.36. The molecule has 3 nitrogen and oxygen atoms in total. The highest BCUT2D eigenvalue weighted by Crippen LogP contribution is 2.36. The number of imidazole rings is 1.